The van der Waals surface area contributed by atoms with Gasteiger partial charge >= 0.3 is 5.69 Å². The zero-order chi connectivity index (χ0) is 13.7. The second-order valence-corrected chi connectivity index (χ2v) is 4.57. The maximum Gasteiger partial charge on any atom is 0.311 e. The van der Waals surface area contributed by atoms with Crippen LogP contribution in [0.4, 0.5) is 11.5 Å². The normalized spacial score (nSPS) is 11.3. The molecule has 8 heteroatoms. The van der Waals surface area contributed by atoms with Crippen molar-refractivity contribution >= 4 is 28.8 Å². The molecule has 0 amide bonds. The van der Waals surface area contributed by atoms with Crippen molar-refractivity contribution in [3.8, 4) is 0 Å². The van der Waals surface area contributed by atoms with Crippen molar-refractivity contribution in [3.63, 3.8) is 0 Å². The topological polar surface area (TPSA) is 106 Å². The average molecular weight is 277 g/mol. The molecule has 2 rings (SSSR count). The van der Waals surface area contributed by atoms with Crippen LogP contribution in [0.25, 0.3) is 0 Å². The average Bonchev–Trinajstić information content (AvgIpc) is 2.90. The summed E-state index contributed by atoms with van der Waals surface area (Å²) in [5.74, 6) is 0.176. The van der Waals surface area contributed by atoms with E-state index in [1.54, 1.807) is 11.3 Å². The number of aromatic nitrogens is 1. The van der Waals surface area contributed by atoms with Gasteiger partial charge in [-0.05, 0) is 17.5 Å². The molecule has 0 aliphatic carbocycles. The van der Waals surface area contributed by atoms with Crippen LogP contribution in [0.3, 0.4) is 0 Å². The van der Waals surface area contributed by atoms with E-state index in [0.29, 0.717) is 6.54 Å². The minimum atomic E-state index is -0.526. The number of thiophene rings is 1. The third-order valence-electron chi connectivity index (χ3n) is 2.21. The van der Waals surface area contributed by atoms with E-state index in [1.807, 2.05) is 17.5 Å². The van der Waals surface area contributed by atoms with E-state index in [9.17, 15) is 10.1 Å². The van der Waals surface area contributed by atoms with Crippen LogP contribution in [0, 0.1) is 10.1 Å². The maximum absolute atomic E-state index is 10.8. The first-order valence-corrected chi connectivity index (χ1v) is 6.23. The fourth-order valence-corrected chi connectivity index (χ4v) is 2.00. The van der Waals surface area contributed by atoms with Crippen LogP contribution in [0.15, 0.2) is 40.8 Å². The Kier molecular flexibility index (Phi) is 4.04. The van der Waals surface area contributed by atoms with Crippen molar-refractivity contribution in [1.29, 1.82) is 0 Å². The highest BCUT2D eigenvalue weighted by Crippen LogP contribution is 2.19. The fourth-order valence-electron chi connectivity index (χ4n) is 1.37. The molecule has 0 spiro atoms. The summed E-state index contributed by atoms with van der Waals surface area (Å²) in [4.78, 5) is 19.3. The molecule has 0 unspecified atom stereocenters. The number of nitrogens with zero attached hydrogens (tertiary/aromatic N) is 3. The van der Waals surface area contributed by atoms with Crippen molar-refractivity contribution in [2.45, 2.75) is 6.54 Å². The molecule has 19 heavy (non-hydrogen) atoms. The second kappa shape index (κ2) is 5.91. The standard InChI is InChI=1S/C11H11N5O2S/c12-11(14-7-8-3-2-6-19-8)15-10-9(16(17)18)4-1-5-13-10/h1-6H,7H2,(H3,12,13,14,15). The summed E-state index contributed by atoms with van der Waals surface area (Å²) >= 11 is 1.56. The quantitative estimate of drug-likeness (QED) is 0.384. The molecule has 0 radical (unpaired) electrons. The number of nitrogens with two attached hydrogens (primary N) is 1. The Morgan fingerprint density at radius 1 is 1.53 bits per heavy atom. The number of pyridine rings is 1. The lowest BCUT2D eigenvalue weighted by Gasteiger charge is -2.04. The minimum absolute atomic E-state index is 0.0833. The third-order valence-corrected chi connectivity index (χ3v) is 3.08. The number of nitrogens with one attached hydrogen (secondary N) is 1. The second-order valence-electron chi connectivity index (χ2n) is 3.53. The van der Waals surface area contributed by atoms with Gasteiger partial charge in [0.1, 0.15) is 0 Å². The zero-order valence-corrected chi connectivity index (χ0v) is 10.6. The highest BCUT2D eigenvalue weighted by atomic mass is 32.1. The van der Waals surface area contributed by atoms with E-state index >= 15 is 0 Å². The van der Waals surface area contributed by atoms with Crippen molar-refractivity contribution < 1.29 is 4.92 Å². The van der Waals surface area contributed by atoms with Gasteiger partial charge in [0.05, 0.1) is 11.5 Å². The SMILES string of the molecule is NC(=NCc1cccs1)Nc1ncccc1[N+](=O)[O-]. The highest BCUT2D eigenvalue weighted by Gasteiger charge is 2.14. The van der Waals surface area contributed by atoms with Gasteiger partial charge < -0.3 is 11.1 Å². The zero-order valence-electron chi connectivity index (χ0n) is 9.81. The van der Waals surface area contributed by atoms with Gasteiger partial charge in [-0.25, -0.2) is 9.98 Å². The first-order valence-electron chi connectivity index (χ1n) is 5.35. The Morgan fingerprint density at radius 3 is 3.05 bits per heavy atom. The van der Waals surface area contributed by atoms with Crippen molar-refractivity contribution in [3.05, 3.63) is 50.8 Å². The number of guanidine groups is 1. The molecule has 0 aromatic carbocycles. The van der Waals surface area contributed by atoms with Gasteiger partial charge in [0, 0.05) is 17.1 Å². The lowest BCUT2D eigenvalue weighted by molar-refractivity contribution is -0.384. The molecule has 0 bridgehead atoms. The monoisotopic (exact) mass is 277 g/mol. The molecule has 0 fully saturated rings. The van der Waals surface area contributed by atoms with Gasteiger partial charge in [-0.1, -0.05) is 6.07 Å². The molecule has 7 nitrogen and oxygen atoms in total. The summed E-state index contributed by atoms with van der Waals surface area (Å²) in [5.41, 5.74) is 5.53. The molecule has 0 aliphatic heterocycles. The van der Waals surface area contributed by atoms with Crippen LogP contribution < -0.4 is 11.1 Å². The van der Waals surface area contributed by atoms with Crippen molar-refractivity contribution in [2.24, 2.45) is 10.7 Å². The minimum Gasteiger partial charge on any atom is -0.370 e. The summed E-state index contributed by atoms with van der Waals surface area (Å²) in [6.07, 6.45) is 1.45. The Bertz CT molecular complexity index is 597. The maximum atomic E-state index is 10.8. The number of hydrogen-bond donors (Lipinski definition) is 2. The fraction of sp³-hybridized carbons (Fsp3) is 0.0909. The molecule has 2 aromatic heterocycles. The van der Waals surface area contributed by atoms with E-state index in [0.717, 1.165) is 4.88 Å². The largest absolute Gasteiger partial charge is 0.370 e. The number of nitro groups is 1. The van der Waals surface area contributed by atoms with Crippen LogP contribution in [-0.2, 0) is 6.54 Å². The van der Waals surface area contributed by atoms with Crippen molar-refractivity contribution in [2.75, 3.05) is 5.32 Å². The van der Waals surface area contributed by atoms with Gasteiger partial charge in [-0.15, -0.1) is 11.3 Å². The van der Waals surface area contributed by atoms with Gasteiger partial charge in [0.2, 0.25) is 5.82 Å². The summed E-state index contributed by atoms with van der Waals surface area (Å²) in [6, 6.07) is 6.69. The lowest BCUT2D eigenvalue weighted by atomic mass is 10.4. The number of rotatable bonds is 4. The Balaban J connectivity index is 2.08. The molecule has 0 saturated heterocycles. The molecular weight excluding hydrogens is 266 g/mol. The van der Waals surface area contributed by atoms with Crippen LogP contribution in [-0.4, -0.2) is 15.9 Å². The number of aliphatic imine (C=N–C) groups is 1. The van der Waals surface area contributed by atoms with E-state index in [4.69, 9.17) is 5.73 Å². The lowest BCUT2D eigenvalue weighted by Crippen LogP contribution is -2.23. The first kappa shape index (κ1) is 13.0. The molecule has 2 heterocycles. The molecule has 3 N–H and O–H groups in total. The summed E-state index contributed by atoms with van der Waals surface area (Å²) in [5, 5.41) is 15.4. The molecular formula is C11H11N5O2S. The molecule has 0 aliphatic rings. The summed E-state index contributed by atoms with van der Waals surface area (Å²) in [6.45, 7) is 0.428. The third kappa shape index (κ3) is 3.49. The van der Waals surface area contributed by atoms with Crippen molar-refractivity contribution in [1.82, 2.24) is 4.98 Å². The predicted molar refractivity (Wildman–Crippen MR) is 74.2 cm³/mol. The molecule has 0 atom stereocenters. The highest BCUT2D eigenvalue weighted by molar-refractivity contribution is 7.09. The smallest absolute Gasteiger partial charge is 0.311 e. The number of hydrogen-bond acceptors (Lipinski definition) is 5. The predicted octanol–water partition coefficient (Wildman–Crippen LogP) is 1.98. The van der Waals surface area contributed by atoms with Gasteiger partial charge in [-0.2, -0.15) is 0 Å². The van der Waals surface area contributed by atoms with E-state index in [2.05, 4.69) is 15.3 Å². The summed E-state index contributed by atoms with van der Waals surface area (Å²) in [7, 11) is 0. The van der Waals surface area contributed by atoms with E-state index < -0.39 is 4.92 Å². The Labute approximate surface area is 113 Å². The van der Waals surface area contributed by atoms with Crippen LogP contribution in [0.2, 0.25) is 0 Å². The van der Waals surface area contributed by atoms with Crippen LogP contribution in [0.1, 0.15) is 4.88 Å². The molecule has 0 saturated carbocycles. The Morgan fingerprint density at radius 2 is 2.37 bits per heavy atom. The van der Waals surface area contributed by atoms with E-state index in [-0.39, 0.29) is 17.5 Å². The molecule has 2 aromatic rings. The summed E-state index contributed by atoms with van der Waals surface area (Å²) < 4.78 is 0. The van der Waals surface area contributed by atoms with Crippen LogP contribution >= 0.6 is 11.3 Å². The van der Waals surface area contributed by atoms with Gasteiger partial charge in [0.15, 0.2) is 5.96 Å². The van der Waals surface area contributed by atoms with Gasteiger partial charge in [-0.3, -0.25) is 10.1 Å². The first-order chi connectivity index (χ1) is 9.16. The van der Waals surface area contributed by atoms with Gasteiger partial charge in [0.25, 0.3) is 0 Å². The molecule has 98 valence electrons. The Hall–Kier alpha value is -2.48. The number of anilines is 1. The van der Waals surface area contributed by atoms with E-state index in [1.165, 1.54) is 18.3 Å². The van der Waals surface area contributed by atoms with Crippen LogP contribution in [0.5, 0.6) is 0 Å².